The van der Waals surface area contributed by atoms with Crippen molar-refractivity contribution < 1.29 is 19.2 Å². The molecule has 2 aliphatic rings. The van der Waals surface area contributed by atoms with Crippen molar-refractivity contribution in [3.63, 3.8) is 0 Å². The standard InChI is InChI=1S/C24H33N7O4S/c1-14(2)10-29(17-5-4-6-17)24-27-19(12-36-24)21(33)31(18(11-32)9-16-7-8-16)22(34)20-15(3)30(13-26-20)23(35)28-25/h11-14,16-18H,4-10,25H2,1-3H3,(H,28,35)/t18-/m0/s1. The molecular weight excluding hydrogens is 482 g/mol. The molecule has 3 N–H and O–H groups in total. The van der Waals surface area contributed by atoms with E-state index in [0.29, 0.717) is 24.7 Å². The summed E-state index contributed by atoms with van der Waals surface area (Å²) in [7, 11) is 0. The van der Waals surface area contributed by atoms with Gasteiger partial charge in [0.2, 0.25) is 0 Å². The zero-order valence-corrected chi connectivity index (χ0v) is 21.7. The number of nitrogen functional groups attached to an aromatic ring is 1. The van der Waals surface area contributed by atoms with Crippen LogP contribution in [0.4, 0.5) is 9.93 Å². The van der Waals surface area contributed by atoms with Crippen LogP contribution >= 0.6 is 11.3 Å². The molecule has 0 saturated heterocycles. The molecule has 0 bridgehead atoms. The number of hydrogen-bond acceptors (Lipinski definition) is 9. The molecule has 3 amide bonds. The molecule has 2 saturated carbocycles. The molecule has 2 fully saturated rings. The fourth-order valence-electron chi connectivity index (χ4n) is 4.41. The first-order valence-electron chi connectivity index (χ1n) is 12.3. The Kier molecular flexibility index (Phi) is 7.84. The number of nitrogens with zero attached hydrogens (tertiary/aromatic N) is 5. The number of nitrogens with one attached hydrogen (secondary N) is 1. The number of nitrogens with two attached hydrogens (primary N) is 1. The zero-order chi connectivity index (χ0) is 26.0. The molecular formula is C24H33N7O4S. The molecule has 12 heteroatoms. The zero-order valence-electron chi connectivity index (χ0n) is 20.8. The minimum absolute atomic E-state index is 0.0963. The summed E-state index contributed by atoms with van der Waals surface area (Å²) in [6, 6.07) is -1.22. The van der Waals surface area contributed by atoms with E-state index in [1.807, 2.05) is 5.43 Å². The Balaban J connectivity index is 1.65. The molecule has 2 aromatic rings. The molecule has 0 aromatic carbocycles. The monoisotopic (exact) mass is 515 g/mol. The van der Waals surface area contributed by atoms with Crippen molar-refractivity contribution in [3.05, 3.63) is 28.8 Å². The molecule has 0 unspecified atom stereocenters. The number of amides is 3. The number of anilines is 1. The van der Waals surface area contributed by atoms with E-state index < -0.39 is 23.9 Å². The van der Waals surface area contributed by atoms with E-state index in [4.69, 9.17) is 5.84 Å². The van der Waals surface area contributed by atoms with Gasteiger partial charge in [-0.05, 0) is 44.4 Å². The second kappa shape index (κ2) is 10.9. The van der Waals surface area contributed by atoms with Crippen molar-refractivity contribution in [3.8, 4) is 0 Å². The number of rotatable bonds is 10. The highest BCUT2D eigenvalue weighted by Crippen LogP contribution is 2.36. The average Bonchev–Trinajstić information content (AvgIpc) is 3.34. The first kappa shape index (κ1) is 26.0. The van der Waals surface area contributed by atoms with E-state index in [1.165, 1.54) is 24.7 Å². The normalized spacial score (nSPS) is 16.4. The number of carbonyl (C=O) groups excluding carboxylic acids is 4. The first-order chi connectivity index (χ1) is 17.2. The van der Waals surface area contributed by atoms with Crippen molar-refractivity contribution >= 4 is 40.6 Å². The van der Waals surface area contributed by atoms with Crippen molar-refractivity contribution in [2.75, 3.05) is 11.4 Å². The van der Waals surface area contributed by atoms with Gasteiger partial charge in [-0.3, -0.25) is 24.5 Å². The highest BCUT2D eigenvalue weighted by molar-refractivity contribution is 7.14. The minimum Gasteiger partial charge on any atom is -0.345 e. The Morgan fingerprint density at radius 1 is 1.25 bits per heavy atom. The lowest BCUT2D eigenvalue weighted by Gasteiger charge is -2.38. The molecule has 2 aliphatic carbocycles. The Labute approximate surface area is 214 Å². The summed E-state index contributed by atoms with van der Waals surface area (Å²) in [6.07, 6.45) is 7.46. The number of thiazole rings is 1. The summed E-state index contributed by atoms with van der Waals surface area (Å²) in [6.45, 7) is 6.64. The Morgan fingerprint density at radius 2 is 1.97 bits per heavy atom. The van der Waals surface area contributed by atoms with Crippen LogP contribution in [0, 0.1) is 18.8 Å². The maximum Gasteiger partial charge on any atom is 0.341 e. The molecule has 0 radical (unpaired) electrons. The number of aldehydes is 1. The van der Waals surface area contributed by atoms with E-state index in [0.717, 1.165) is 53.2 Å². The predicted molar refractivity (Wildman–Crippen MR) is 135 cm³/mol. The van der Waals surface area contributed by atoms with E-state index in [2.05, 4.69) is 28.7 Å². The second-order valence-electron chi connectivity index (χ2n) is 10.0. The molecule has 2 aromatic heterocycles. The van der Waals surface area contributed by atoms with Gasteiger partial charge in [0.05, 0.1) is 11.7 Å². The highest BCUT2D eigenvalue weighted by atomic mass is 32.1. The quantitative estimate of drug-likeness (QED) is 0.162. The lowest BCUT2D eigenvalue weighted by atomic mass is 9.91. The lowest BCUT2D eigenvalue weighted by molar-refractivity contribution is -0.111. The first-order valence-corrected chi connectivity index (χ1v) is 13.2. The maximum atomic E-state index is 13.7. The van der Waals surface area contributed by atoms with Crippen molar-refractivity contribution in [2.45, 2.75) is 71.4 Å². The molecule has 1 atom stereocenters. The molecule has 4 rings (SSSR count). The Hall–Kier alpha value is -3.12. The van der Waals surface area contributed by atoms with Crippen LogP contribution in [0.2, 0.25) is 0 Å². The third kappa shape index (κ3) is 5.34. The topological polar surface area (TPSA) is 144 Å². The third-order valence-corrected chi connectivity index (χ3v) is 7.66. The SMILES string of the molecule is Cc1c(C(=O)N(C(=O)c2csc(N(CC(C)C)C3CCC3)n2)[C@H](C=O)CC2CC2)ncn1C(=O)NN. The molecule has 36 heavy (non-hydrogen) atoms. The predicted octanol–water partition coefficient (Wildman–Crippen LogP) is 2.74. The van der Waals surface area contributed by atoms with Gasteiger partial charge in [0.15, 0.2) is 5.13 Å². The summed E-state index contributed by atoms with van der Waals surface area (Å²) in [5, 5.41) is 2.39. The lowest BCUT2D eigenvalue weighted by Crippen LogP contribution is -2.46. The fraction of sp³-hybridized carbons (Fsp3) is 0.583. The van der Waals surface area contributed by atoms with Crippen LogP contribution in [0.1, 0.15) is 79.0 Å². The van der Waals surface area contributed by atoms with Gasteiger partial charge in [-0.2, -0.15) is 0 Å². The van der Waals surface area contributed by atoms with E-state index >= 15 is 0 Å². The van der Waals surface area contributed by atoms with E-state index in [1.54, 1.807) is 5.38 Å². The Bertz CT molecular complexity index is 1140. The van der Waals surface area contributed by atoms with Gasteiger partial charge in [-0.15, -0.1) is 11.3 Å². The van der Waals surface area contributed by atoms with Crippen LogP contribution in [0.3, 0.4) is 0 Å². The average molecular weight is 516 g/mol. The van der Waals surface area contributed by atoms with Gasteiger partial charge in [-0.25, -0.2) is 20.6 Å². The molecule has 11 nitrogen and oxygen atoms in total. The van der Waals surface area contributed by atoms with Gasteiger partial charge in [0.1, 0.15) is 24.0 Å². The van der Waals surface area contributed by atoms with E-state index in [-0.39, 0.29) is 23.0 Å². The third-order valence-electron chi connectivity index (χ3n) is 6.78. The summed E-state index contributed by atoms with van der Waals surface area (Å²) in [5.74, 6) is 4.54. The van der Waals surface area contributed by atoms with Crippen LogP contribution < -0.4 is 16.2 Å². The van der Waals surface area contributed by atoms with Crippen molar-refractivity contribution in [1.29, 1.82) is 0 Å². The van der Waals surface area contributed by atoms with Gasteiger partial charge >= 0.3 is 6.03 Å². The van der Waals surface area contributed by atoms with E-state index in [9.17, 15) is 19.2 Å². The van der Waals surface area contributed by atoms with Crippen LogP contribution in [0.15, 0.2) is 11.7 Å². The highest BCUT2D eigenvalue weighted by Gasteiger charge is 2.38. The number of carbonyl (C=O) groups is 4. The van der Waals surface area contributed by atoms with Crippen molar-refractivity contribution in [1.82, 2.24) is 24.9 Å². The number of hydrazine groups is 1. The summed E-state index contributed by atoms with van der Waals surface area (Å²) < 4.78 is 1.08. The van der Waals surface area contributed by atoms with Crippen molar-refractivity contribution in [2.24, 2.45) is 17.7 Å². The molecule has 0 spiro atoms. The minimum atomic E-state index is -0.950. The number of aromatic nitrogens is 3. The maximum absolute atomic E-state index is 13.7. The molecule has 194 valence electrons. The van der Waals surface area contributed by atoms with Gasteiger partial charge in [0, 0.05) is 18.0 Å². The number of imide groups is 1. The number of hydrogen-bond donors (Lipinski definition) is 2. The van der Waals surface area contributed by atoms with Crippen LogP contribution in [-0.4, -0.2) is 62.2 Å². The summed E-state index contributed by atoms with van der Waals surface area (Å²) >= 11 is 1.37. The molecule has 0 aliphatic heterocycles. The smallest absolute Gasteiger partial charge is 0.341 e. The largest absolute Gasteiger partial charge is 0.345 e. The van der Waals surface area contributed by atoms with Gasteiger partial charge < -0.3 is 9.69 Å². The fourth-order valence-corrected chi connectivity index (χ4v) is 5.29. The second-order valence-corrected chi connectivity index (χ2v) is 10.8. The number of imidazole rings is 1. The summed E-state index contributed by atoms with van der Waals surface area (Å²) in [5.41, 5.74) is 2.23. The molecule has 2 heterocycles. The van der Waals surface area contributed by atoms with Crippen LogP contribution in [0.25, 0.3) is 0 Å². The Morgan fingerprint density at radius 3 is 2.53 bits per heavy atom. The van der Waals surface area contributed by atoms with Gasteiger partial charge in [-0.1, -0.05) is 26.7 Å². The van der Waals surface area contributed by atoms with Crippen LogP contribution in [0.5, 0.6) is 0 Å². The van der Waals surface area contributed by atoms with Crippen LogP contribution in [-0.2, 0) is 4.79 Å². The summed E-state index contributed by atoms with van der Waals surface area (Å²) in [4.78, 5) is 63.4. The van der Waals surface area contributed by atoms with Gasteiger partial charge in [0.25, 0.3) is 11.8 Å².